The van der Waals surface area contributed by atoms with Gasteiger partial charge in [0.1, 0.15) is 11.9 Å². The van der Waals surface area contributed by atoms with Gasteiger partial charge in [-0.2, -0.15) is 0 Å². The van der Waals surface area contributed by atoms with Gasteiger partial charge in [-0.3, -0.25) is 0 Å². The number of hydrogen-bond acceptors (Lipinski definition) is 2. The molecule has 2 N–H and O–H groups in total. The lowest BCUT2D eigenvalue weighted by Gasteiger charge is -2.15. The molecule has 0 spiro atoms. The van der Waals surface area contributed by atoms with Crippen LogP contribution >= 0.6 is 24.0 Å². The third-order valence-corrected chi connectivity index (χ3v) is 3.61. The predicted octanol–water partition coefficient (Wildman–Crippen LogP) is 3.34. The van der Waals surface area contributed by atoms with E-state index >= 15 is 0 Å². The fraction of sp³-hybridized carbons (Fsp3) is 0.588. The first-order valence-corrected chi connectivity index (χ1v) is 7.86. The van der Waals surface area contributed by atoms with Crippen LogP contribution in [0, 0.1) is 12.8 Å². The van der Waals surface area contributed by atoms with Gasteiger partial charge in [-0.05, 0) is 50.8 Å². The van der Waals surface area contributed by atoms with E-state index in [1.165, 1.54) is 12.0 Å². The van der Waals surface area contributed by atoms with E-state index < -0.39 is 0 Å². The predicted molar refractivity (Wildman–Crippen MR) is 103 cm³/mol. The molecule has 0 radical (unpaired) electrons. The van der Waals surface area contributed by atoms with Crippen molar-refractivity contribution in [2.24, 2.45) is 10.9 Å². The third-order valence-electron chi connectivity index (χ3n) is 3.61. The molecule has 4 nitrogen and oxygen atoms in total. The number of guanidine groups is 1. The van der Waals surface area contributed by atoms with E-state index in [0.717, 1.165) is 24.2 Å². The van der Waals surface area contributed by atoms with Crippen LogP contribution in [-0.4, -0.2) is 31.2 Å². The minimum Gasteiger partial charge on any atom is -0.489 e. The van der Waals surface area contributed by atoms with Crippen molar-refractivity contribution in [3.63, 3.8) is 0 Å². The Morgan fingerprint density at radius 2 is 2.18 bits per heavy atom. The Balaban J connectivity index is 0.00000242. The van der Waals surface area contributed by atoms with Crippen LogP contribution in [-0.2, 0) is 0 Å². The largest absolute Gasteiger partial charge is 0.489 e. The summed E-state index contributed by atoms with van der Waals surface area (Å²) in [5, 5.41) is 6.74. The highest BCUT2D eigenvalue weighted by molar-refractivity contribution is 14.0. The molecule has 0 aromatic heterocycles. The highest BCUT2D eigenvalue weighted by Crippen LogP contribution is 2.28. The lowest BCUT2D eigenvalue weighted by atomic mass is 10.2. The number of halogens is 1. The highest BCUT2D eigenvalue weighted by atomic mass is 127. The summed E-state index contributed by atoms with van der Waals surface area (Å²) in [6, 6.07) is 8.70. The van der Waals surface area contributed by atoms with Gasteiger partial charge in [-0.25, -0.2) is 4.99 Å². The number of nitrogens with one attached hydrogen (secondary N) is 2. The zero-order valence-corrected chi connectivity index (χ0v) is 16.3. The Morgan fingerprint density at radius 3 is 2.77 bits per heavy atom. The van der Waals surface area contributed by atoms with E-state index in [2.05, 4.69) is 55.5 Å². The Kier molecular flexibility index (Phi) is 8.00. The molecule has 22 heavy (non-hydrogen) atoms. The molecule has 1 aliphatic rings. The number of ether oxygens (including phenoxy) is 1. The first kappa shape index (κ1) is 19.1. The molecule has 1 aromatic carbocycles. The van der Waals surface area contributed by atoms with Crippen LogP contribution in [0.15, 0.2) is 29.3 Å². The van der Waals surface area contributed by atoms with Crippen LogP contribution in [0.5, 0.6) is 5.75 Å². The molecule has 3 unspecified atom stereocenters. The molecular weight excluding hydrogens is 389 g/mol. The summed E-state index contributed by atoms with van der Waals surface area (Å²) in [5.41, 5.74) is 1.21. The zero-order chi connectivity index (χ0) is 15.2. The highest BCUT2D eigenvalue weighted by Gasteiger charge is 2.33. The molecule has 0 aliphatic heterocycles. The maximum atomic E-state index is 5.90. The lowest BCUT2D eigenvalue weighted by Crippen LogP contribution is -2.39. The average Bonchev–Trinajstić information content (AvgIpc) is 3.12. The van der Waals surface area contributed by atoms with Crippen molar-refractivity contribution in [3.05, 3.63) is 29.8 Å². The lowest BCUT2D eigenvalue weighted by molar-refractivity contribution is 0.230. The summed E-state index contributed by atoms with van der Waals surface area (Å²) in [5.74, 6) is 2.56. The molecule has 1 aliphatic carbocycles. The monoisotopic (exact) mass is 417 g/mol. The van der Waals surface area contributed by atoms with Gasteiger partial charge >= 0.3 is 0 Å². The molecule has 3 atom stereocenters. The van der Waals surface area contributed by atoms with Crippen molar-refractivity contribution in [2.75, 3.05) is 13.1 Å². The van der Waals surface area contributed by atoms with Crippen LogP contribution in [0.2, 0.25) is 0 Å². The van der Waals surface area contributed by atoms with Crippen molar-refractivity contribution < 1.29 is 4.74 Å². The molecule has 124 valence electrons. The maximum Gasteiger partial charge on any atom is 0.191 e. The topological polar surface area (TPSA) is 45.7 Å². The van der Waals surface area contributed by atoms with Gasteiger partial charge in [0.15, 0.2) is 5.96 Å². The van der Waals surface area contributed by atoms with Gasteiger partial charge in [0, 0.05) is 12.6 Å². The van der Waals surface area contributed by atoms with Crippen molar-refractivity contribution in [1.29, 1.82) is 0 Å². The molecule has 0 heterocycles. The standard InChI is InChI=1S/C17H27N3O.HI/c1-5-18-17(20-16-10-13(16)3)19-11-14(4)21-15-8-6-7-12(2)9-15;/h6-9,13-14,16H,5,10-11H2,1-4H3,(H2,18,19,20);1H. The van der Waals surface area contributed by atoms with E-state index in [0.29, 0.717) is 12.6 Å². The summed E-state index contributed by atoms with van der Waals surface area (Å²) < 4.78 is 5.90. The van der Waals surface area contributed by atoms with Gasteiger partial charge in [-0.15, -0.1) is 24.0 Å². The van der Waals surface area contributed by atoms with E-state index in [4.69, 9.17) is 4.74 Å². The third kappa shape index (κ3) is 6.42. The summed E-state index contributed by atoms with van der Waals surface area (Å²) in [7, 11) is 0. The quantitative estimate of drug-likeness (QED) is 0.424. The van der Waals surface area contributed by atoms with E-state index in [1.807, 2.05) is 12.1 Å². The number of aryl methyl sites for hydroxylation is 1. The van der Waals surface area contributed by atoms with Gasteiger partial charge < -0.3 is 15.4 Å². The maximum absolute atomic E-state index is 5.90. The fourth-order valence-corrected chi connectivity index (χ4v) is 2.20. The van der Waals surface area contributed by atoms with Crippen molar-refractivity contribution in [3.8, 4) is 5.75 Å². The van der Waals surface area contributed by atoms with Crippen molar-refractivity contribution >= 4 is 29.9 Å². The summed E-state index contributed by atoms with van der Waals surface area (Å²) in [6.07, 6.45) is 1.29. The van der Waals surface area contributed by atoms with Crippen molar-refractivity contribution in [1.82, 2.24) is 10.6 Å². The minimum absolute atomic E-state index is 0. The first-order chi connectivity index (χ1) is 10.1. The van der Waals surface area contributed by atoms with Crippen LogP contribution in [0.1, 0.15) is 32.8 Å². The molecule has 2 rings (SSSR count). The molecule has 0 saturated heterocycles. The van der Waals surface area contributed by atoms with Crippen LogP contribution < -0.4 is 15.4 Å². The number of nitrogens with zero attached hydrogens (tertiary/aromatic N) is 1. The fourth-order valence-electron chi connectivity index (χ4n) is 2.20. The van der Waals surface area contributed by atoms with E-state index in [1.54, 1.807) is 0 Å². The Labute approximate surface area is 151 Å². The molecule has 0 bridgehead atoms. The molecular formula is C17H28IN3O. The van der Waals surface area contributed by atoms with Gasteiger partial charge in [-0.1, -0.05) is 19.1 Å². The van der Waals surface area contributed by atoms with Crippen LogP contribution in [0.3, 0.4) is 0 Å². The normalized spacial score (nSPS) is 21.5. The van der Waals surface area contributed by atoms with Crippen LogP contribution in [0.25, 0.3) is 0 Å². The zero-order valence-electron chi connectivity index (χ0n) is 13.9. The Morgan fingerprint density at radius 1 is 1.45 bits per heavy atom. The Hall–Kier alpha value is -0.980. The number of aliphatic imine (C=N–C) groups is 1. The SMILES string of the molecule is CCNC(=NCC(C)Oc1cccc(C)c1)NC1CC1C.I. The molecule has 1 fully saturated rings. The minimum atomic E-state index is 0. The molecule has 1 aromatic rings. The summed E-state index contributed by atoms with van der Waals surface area (Å²) in [6.45, 7) is 9.98. The van der Waals surface area contributed by atoms with Gasteiger partial charge in [0.2, 0.25) is 0 Å². The van der Waals surface area contributed by atoms with Crippen LogP contribution in [0.4, 0.5) is 0 Å². The van der Waals surface area contributed by atoms with Crippen molar-refractivity contribution in [2.45, 2.75) is 46.3 Å². The molecule has 1 saturated carbocycles. The second-order valence-electron chi connectivity index (χ2n) is 5.93. The molecule has 5 heteroatoms. The van der Waals surface area contributed by atoms with Gasteiger partial charge in [0.25, 0.3) is 0 Å². The smallest absolute Gasteiger partial charge is 0.191 e. The Bertz CT molecular complexity index is 493. The second kappa shape index (κ2) is 9.22. The van der Waals surface area contributed by atoms with Gasteiger partial charge in [0.05, 0.1) is 6.54 Å². The molecule has 0 amide bonds. The van der Waals surface area contributed by atoms with E-state index in [9.17, 15) is 0 Å². The first-order valence-electron chi connectivity index (χ1n) is 7.86. The second-order valence-corrected chi connectivity index (χ2v) is 5.93. The number of hydrogen-bond donors (Lipinski definition) is 2. The number of rotatable bonds is 6. The van der Waals surface area contributed by atoms with E-state index in [-0.39, 0.29) is 30.1 Å². The summed E-state index contributed by atoms with van der Waals surface area (Å²) >= 11 is 0. The number of benzene rings is 1. The summed E-state index contributed by atoms with van der Waals surface area (Å²) in [4.78, 5) is 4.62. The average molecular weight is 417 g/mol.